The van der Waals surface area contributed by atoms with Crippen molar-refractivity contribution in [2.75, 3.05) is 6.54 Å². The Labute approximate surface area is 108 Å². The fourth-order valence-corrected chi connectivity index (χ4v) is 2.20. The Hall–Kier alpha value is -1.28. The number of nitrogens with zero attached hydrogens (tertiary/aromatic N) is 2. The van der Waals surface area contributed by atoms with Crippen LogP contribution in [0.15, 0.2) is 46.1 Å². The van der Waals surface area contributed by atoms with E-state index in [1.807, 2.05) is 12.4 Å². The van der Waals surface area contributed by atoms with Crippen molar-refractivity contribution in [2.45, 2.75) is 20.4 Å². The van der Waals surface area contributed by atoms with E-state index in [9.17, 15) is 0 Å². The van der Waals surface area contributed by atoms with Crippen LogP contribution >= 0.6 is 11.6 Å². The van der Waals surface area contributed by atoms with E-state index in [0.29, 0.717) is 11.1 Å². The van der Waals surface area contributed by atoms with Crippen LogP contribution < -0.4 is 0 Å². The smallest absolute Gasteiger partial charge is 0.132 e. The van der Waals surface area contributed by atoms with Gasteiger partial charge in [-0.1, -0.05) is 55.8 Å². The quantitative estimate of drug-likeness (QED) is 0.746. The van der Waals surface area contributed by atoms with Crippen LogP contribution in [-0.2, 0) is 6.54 Å². The van der Waals surface area contributed by atoms with Crippen molar-refractivity contribution in [1.29, 1.82) is 0 Å². The molecule has 0 bridgehead atoms. The minimum atomic E-state index is 0.443. The Morgan fingerprint density at radius 1 is 1.29 bits per heavy atom. The first kappa shape index (κ1) is 12.2. The van der Waals surface area contributed by atoms with Gasteiger partial charge in [-0.25, -0.2) is 4.99 Å². The lowest BCUT2D eigenvalue weighted by Crippen LogP contribution is -2.28. The highest BCUT2D eigenvalue weighted by Gasteiger charge is 2.16. The summed E-state index contributed by atoms with van der Waals surface area (Å²) < 4.78 is 0. The van der Waals surface area contributed by atoms with Gasteiger partial charge in [0.25, 0.3) is 0 Å². The molecule has 90 valence electrons. The predicted octanol–water partition coefficient (Wildman–Crippen LogP) is 3.64. The van der Waals surface area contributed by atoms with Crippen LogP contribution in [0, 0.1) is 5.92 Å². The Balaban J connectivity index is 2.05. The molecule has 0 saturated heterocycles. The molecule has 0 amide bonds. The second-order valence-corrected chi connectivity index (χ2v) is 4.96. The van der Waals surface area contributed by atoms with Crippen molar-refractivity contribution in [3.05, 3.63) is 46.6 Å². The maximum absolute atomic E-state index is 6.10. The zero-order valence-corrected chi connectivity index (χ0v) is 11.0. The van der Waals surface area contributed by atoms with Gasteiger partial charge >= 0.3 is 0 Å². The third kappa shape index (κ3) is 3.10. The van der Waals surface area contributed by atoms with Gasteiger partial charge in [0.05, 0.1) is 6.34 Å². The molecule has 0 spiro atoms. The van der Waals surface area contributed by atoms with Crippen molar-refractivity contribution in [3.63, 3.8) is 0 Å². The van der Waals surface area contributed by atoms with Crippen molar-refractivity contribution in [1.82, 2.24) is 4.90 Å². The highest BCUT2D eigenvalue weighted by Crippen LogP contribution is 2.23. The topological polar surface area (TPSA) is 15.6 Å². The first-order valence-electron chi connectivity index (χ1n) is 5.87. The highest BCUT2D eigenvalue weighted by molar-refractivity contribution is 6.30. The van der Waals surface area contributed by atoms with Gasteiger partial charge in [-0.15, -0.1) is 0 Å². The van der Waals surface area contributed by atoms with E-state index in [0.717, 1.165) is 13.1 Å². The minimum absolute atomic E-state index is 0.443. The van der Waals surface area contributed by atoms with E-state index in [4.69, 9.17) is 11.6 Å². The SMILES string of the molecule is CC(C)C1=C(Cl)N=CN(Cc2ccccc2)C1. The molecular weight excluding hydrogens is 232 g/mol. The van der Waals surface area contributed by atoms with Gasteiger partial charge in [-0.05, 0) is 17.1 Å². The summed E-state index contributed by atoms with van der Waals surface area (Å²) >= 11 is 6.10. The van der Waals surface area contributed by atoms with Gasteiger partial charge in [-0.2, -0.15) is 0 Å². The summed E-state index contributed by atoms with van der Waals surface area (Å²) in [5, 5.41) is 0.657. The molecule has 0 saturated carbocycles. The number of hydrogen-bond acceptors (Lipinski definition) is 2. The van der Waals surface area contributed by atoms with Crippen LogP contribution in [0.2, 0.25) is 0 Å². The monoisotopic (exact) mass is 248 g/mol. The number of rotatable bonds is 3. The number of hydrogen-bond donors (Lipinski definition) is 0. The van der Waals surface area contributed by atoms with E-state index >= 15 is 0 Å². The second kappa shape index (κ2) is 5.37. The molecule has 0 atom stereocenters. The summed E-state index contributed by atoms with van der Waals surface area (Å²) in [7, 11) is 0. The number of halogens is 1. The van der Waals surface area contributed by atoms with E-state index in [2.05, 4.69) is 48.0 Å². The third-order valence-electron chi connectivity index (χ3n) is 2.90. The molecule has 0 aromatic heterocycles. The van der Waals surface area contributed by atoms with Crippen molar-refractivity contribution >= 4 is 17.9 Å². The van der Waals surface area contributed by atoms with E-state index < -0.39 is 0 Å². The fourth-order valence-electron chi connectivity index (χ4n) is 1.88. The lowest BCUT2D eigenvalue weighted by Gasteiger charge is -2.26. The average molecular weight is 249 g/mol. The van der Waals surface area contributed by atoms with Gasteiger partial charge in [0.1, 0.15) is 5.16 Å². The molecule has 1 aliphatic rings. The minimum Gasteiger partial charge on any atom is -0.354 e. The van der Waals surface area contributed by atoms with E-state index in [1.165, 1.54) is 11.1 Å². The standard InChI is InChI=1S/C14H17ClN2/c1-11(2)13-9-17(10-16-14(13)15)8-12-6-4-3-5-7-12/h3-7,10-11H,8-9H2,1-2H3. The predicted molar refractivity (Wildman–Crippen MR) is 73.1 cm³/mol. The summed E-state index contributed by atoms with van der Waals surface area (Å²) in [6, 6.07) is 10.4. The lowest BCUT2D eigenvalue weighted by molar-refractivity contribution is 0.434. The first-order valence-corrected chi connectivity index (χ1v) is 6.25. The molecule has 0 aliphatic carbocycles. The van der Waals surface area contributed by atoms with Crippen molar-refractivity contribution < 1.29 is 0 Å². The molecule has 2 rings (SSSR count). The molecule has 17 heavy (non-hydrogen) atoms. The van der Waals surface area contributed by atoms with Crippen LogP contribution in [0.1, 0.15) is 19.4 Å². The molecular formula is C14H17ClN2. The van der Waals surface area contributed by atoms with Crippen LogP contribution in [0.4, 0.5) is 0 Å². The molecule has 2 nitrogen and oxygen atoms in total. The van der Waals surface area contributed by atoms with Crippen molar-refractivity contribution in [3.8, 4) is 0 Å². The first-order chi connectivity index (χ1) is 8.16. The Morgan fingerprint density at radius 2 is 2.00 bits per heavy atom. The number of benzene rings is 1. The normalized spacial score (nSPS) is 15.9. The fraction of sp³-hybridized carbons (Fsp3) is 0.357. The molecule has 0 radical (unpaired) electrons. The summed E-state index contributed by atoms with van der Waals surface area (Å²) in [5.41, 5.74) is 2.50. The van der Waals surface area contributed by atoms with Gasteiger partial charge in [0, 0.05) is 13.1 Å². The Bertz CT molecular complexity index is 435. The molecule has 1 heterocycles. The van der Waals surface area contributed by atoms with Gasteiger partial charge < -0.3 is 4.90 Å². The largest absolute Gasteiger partial charge is 0.354 e. The average Bonchev–Trinajstić information content (AvgIpc) is 2.32. The Kier molecular flexibility index (Phi) is 3.85. The highest BCUT2D eigenvalue weighted by atomic mass is 35.5. The summed E-state index contributed by atoms with van der Waals surface area (Å²) in [4.78, 5) is 6.45. The second-order valence-electron chi connectivity index (χ2n) is 4.61. The summed E-state index contributed by atoms with van der Waals surface area (Å²) in [6.45, 7) is 6.05. The van der Waals surface area contributed by atoms with E-state index in [1.54, 1.807) is 0 Å². The summed E-state index contributed by atoms with van der Waals surface area (Å²) in [6.07, 6.45) is 1.83. The molecule has 0 fully saturated rings. The molecule has 3 heteroatoms. The van der Waals surface area contributed by atoms with Crippen LogP contribution in [-0.4, -0.2) is 17.8 Å². The van der Waals surface area contributed by atoms with Crippen LogP contribution in [0.3, 0.4) is 0 Å². The third-order valence-corrected chi connectivity index (χ3v) is 3.24. The lowest BCUT2D eigenvalue weighted by atomic mass is 10.0. The summed E-state index contributed by atoms with van der Waals surface area (Å²) in [5.74, 6) is 0.443. The van der Waals surface area contributed by atoms with Crippen LogP contribution in [0.25, 0.3) is 0 Å². The molecule has 1 aliphatic heterocycles. The van der Waals surface area contributed by atoms with Crippen molar-refractivity contribution in [2.24, 2.45) is 10.9 Å². The van der Waals surface area contributed by atoms with Crippen LogP contribution in [0.5, 0.6) is 0 Å². The molecule has 1 aromatic carbocycles. The molecule has 0 unspecified atom stereocenters. The Morgan fingerprint density at radius 3 is 2.65 bits per heavy atom. The molecule has 0 N–H and O–H groups in total. The van der Waals surface area contributed by atoms with Gasteiger partial charge in [-0.3, -0.25) is 0 Å². The maximum atomic E-state index is 6.10. The number of aliphatic imine (C=N–C) groups is 1. The molecule has 1 aromatic rings. The van der Waals surface area contributed by atoms with Gasteiger partial charge in [0.2, 0.25) is 0 Å². The zero-order chi connectivity index (χ0) is 12.3. The maximum Gasteiger partial charge on any atom is 0.132 e. The van der Waals surface area contributed by atoms with Gasteiger partial charge in [0.15, 0.2) is 0 Å². The zero-order valence-electron chi connectivity index (χ0n) is 10.2. The van der Waals surface area contributed by atoms with E-state index in [-0.39, 0.29) is 0 Å².